The Kier molecular flexibility index (Phi) is 7.00. The van der Waals surface area contributed by atoms with Gasteiger partial charge in [-0.25, -0.2) is 0 Å². The Labute approximate surface area is 138 Å². The zero-order valence-electron chi connectivity index (χ0n) is 13.4. The zero-order valence-corrected chi connectivity index (χ0v) is 14.2. The molecule has 0 aromatic heterocycles. The Bertz CT molecular complexity index is 492. The number of nitrogens with one attached hydrogen (secondary N) is 2. The van der Waals surface area contributed by atoms with E-state index in [1.54, 1.807) is 0 Å². The summed E-state index contributed by atoms with van der Waals surface area (Å²) >= 11 is 5.27. The first-order valence-electron chi connectivity index (χ1n) is 8.35. The zero-order chi connectivity index (χ0) is 15.8. The molecule has 1 fully saturated rings. The molecule has 120 valence electrons. The Balaban J connectivity index is 1.70. The van der Waals surface area contributed by atoms with Crippen molar-refractivity contribution in [2.45, 2.75) is 57.9 Å². The smallest absolute Gasteiger partial charge is 0.256 e. The average Bonchev–Trinajstić information content (AvgIpc) is 2.56. The second-order valence-corrected chi connectivity index (χ2v) is 6.46. The maximum Gasteiger partial charge on any atom is 0.256 e. The quantitative estimate of drug-likeness (QED) is 0.787. The summed E-state index contributed by atoms with van der Waals surface area (Å²) in [5.74, 6) is -0.106. The number of hydrogen-bond donors (Lipinski definition) is 2. The maximum atomic E-state index is 12.1. The summed E-state index contributed by atoms with van der Waals surface area (Å²) in [5.41, 5.74) is 1.90. The minimum Gasteiger partial charge on any atom is -0.316 e. The van der Waals surface area contributed by atoms with Crippen molar-refractivity contribution in [1.29, 1.82) is 0 Å². The molecule has 0 aliphatic heterocycles. The molecule has 2 N–H and O–H groups in total. The lowest BCUT2D eigenvalue weighted by atomic mass is 9.95. The molecule has 0 bridgehead atoms. The van der Waals surface area contributed by atoms with Crippen molar-refractivity contribution in [1.82, 2.24) is 10.6 Å². The summed E-state index contributed by atoms with van der Waals surface area (Å²) in [4.78, 5) is 12.7. The number of rotatable bonds is 6. The molecule has 3 nitrogen and oxygen atoms in total. The highest BCUT2D eigenvalue weighted by Gasteiger charge is 2.13. The second-order valence-electron chi connectivity index (χ2n) is 5.97. The van der Waals surface area contributed by atoms with Gasteiger partial charge in [-0.15, -0.1) is 0 Å². The van der Waals surface area contributed by atoms with Crippen LogP contribution < -0.4 is 10.6 Å². The van der Waals surface area contributed by atoms with Crippen LogP contribution in [-0.4, -0.2) is 23.5 Å². The van der Waals surface area contributed by atoms with E-state index in [2.05, 4.69) is 17.6 Å². The normalized spacial score (nSPS) is 15.5. The molecule has 2 rings (SSSR count). The van der Waals surface area contributed by atoms with E-state index >= 15 is 0 Å². The molecule has 0 spiro atoms. The van der Waals surface area contributed by atoms with Crippen LogP contribution in [0.5, 0.6) is 0 Å². The van der Waals surface area contributed by atoms with E-state index < -0.39 is 0 Å². The van der Waals surface area contributed by atoms with Gasteiger partial charge in [0.2, 0.25) is 0 Å². The molecule has 0 atom stereocenters. The third-order valence-corrected chi connectivity index (χ3v) is 4.57. The Hall–Kier alpha value is -1.26. The molecule has 0 unspecified atom stereocenters. The third-order valence-electron chi connectivity index (χ3n) is 4.27. The molecule has 0 saturated heterocycles. The predicted molar refractivity (Wildman–Crippen MR) is 95.4 cm³/mol. The van der Waals surface area contributed by atoms with Crippen molar-refractivity contribution in [3.8, 4) is 0 Å². The first-order chi connectivity index (χ1) is 10.7. The minimum atomic E-state index is -0.106. The number of benzene rings is 1. The lowest BCUT2D eigenvalue weighted by Gasteiger charge is -2.22. The fourth-order valence-electron chi connectivity index (χ4n) is 2.85. The van der Waals surface area contributed by atoms with E-state index in [9.17, 15) is 4.79 Å². The van der Waals surface area contributed by atoms with Crippen LogP contribution in [0.1, 0.15) is 61.4 Å². The second kappa shape index (κ2) is 9.01. The highest BCUT2D eigenvalue weighted by molar-refractivity contribution is 7.80. The molecule has 1 aliphatic carbocycles. The van der Waals surface area contributed by atoms with Gasteiger partial charge in [0.1, 0.15) is 0 Å². The molecular weight excluding hydrogens is 292 g/mol. The summed E-state index contributed by atoms with van der Waals surface area (Å²) in [7, 11) is 0. The van der Waals surface area contributed by atoms with E-state index in [1.807, 2.05) is 24.3 Å². The lowest BCUT2D eigenvalue weighted by molar-refractivity contribution is 0.0977. The van der Waals surface area contributed by atoms with Crippen LogP contribution in [0.3, 0.4) is 0 Å². The van der Waals surface area contributed by atoms with E-state index in [4.69, 9.17) is 12.2 Å². The van der Waals surface area contributed by atoms with Crippen LogP contribution >= 0.6 is 12.2 Å². The van der Waals surface area contributed by atoms with Crippen molar-refractivity contribution in [2.75, 3.05) is 6.54 Å². The lowest BCUT2D eigenvalue weighted by Crippen LogP contribution is -2.35. The predicted octanol–water partition coefficient (Wildman–Crippen LogP) is 3.62. The highest BCUT2D eigenvalue weighted by atomic mass is 32.1. The van der Waals surface area contributed by atoms with Crippen molar-refractivity contribution in [3.05, 3.63) is 35.4 Å². The molecule has 4 heteroatoms. The van der Waals surface area contributed by atoms with E-state index in [-0.39, 0.29) is 5.91 Å². The first kappa shape index (κ1) is 17.1. The number of aryl methyl sites for hydroxylation is 1. The monoisotopic (exact) mass is 318 g/mol. The first-order valence-corrected chi connectivity index (χ1v) is 8.76. The molecule has 1 aromatic carbocycles. The van der Waals surface area contributed by atoms with Crippen molar-refractivity contribution >= 4 is 23.1 Å². The maximum absolute atomic E-state index is 12.1. The summed E-state index contributed by atoms with van der Waals surface area (Å²) in [6, 6.07) is 8.33. The van der Waals surface area contributed by atoms with Crippen LogP contribution in [-0.2, 0) is 6.42 Å². The fraction of sp³-hybridized carbons (Fsp3) is 0.556. The summed E-state index contributed by atoms with van der Waals surface area (Å²) in [6.07, 6.45) is 8.24. The van der Waals surface area contributed by atoms with E-state index in [0.29, 0.717) is 23.0 Å². The molecule has 1 aliphatic rings. The Morgan fingerprint density at radius 3 is 2.50 bits per heavy atom. The van der Waals surface area contributed by atoms with Gasteiger partial charge < -0.3 is 10.6 Å². The van der Waals surface area contributed by atoms with Gasteiger partial charge in [-0.1, -0.05) is 50.5 Å². The Morgan fingerprint density at radius 2 is 1.86 bits per heavy atom. The van der Waals surface area contributed by atoms with Crippen LogP contribution in [0, 0.1) is 0 Å². The van der Waals surface area contributed by atoms with E-state index in [1.165, 1.54) is 37.7 Å². The van der Waals surface area contributed by atoms with Gasteiger partial charge in [0, 0.05) is 24.6 Å². The number of carbonyl (C=O) groups excluding carboxylic acids is 1. The van der Waals surface area contributed by atoms with Crippen LogP contribution in [0.2, 0.25) is 0 Å². The van der Waals surface area contributed by atoms with Gasteiger partial charge in [0.25, 0.3) is 5.91 Å². The Morgan fingerprint density at radius 1 is 1.18 bits per heavy atom. The van der Waals surface area contributed by atoms with Crippen LogP contribution in [0.4, 0.5) is 0 Å². The van der Waals surface area contributed by atoms with Gasteiger partial charge >= 0.3 is 0 Å². The summed E-state index contributed by atoms with van der Waals surface area (Å²) in [6.45, 7) is 2.95. The van der Waals surface area contributed by atoms with Crippen LogP contribution in [0.25, 0.3) is 0 Å². The van der Waals surface area contributed by atoms with Crippen molar-refractivity contribution in [2.24, 2.45) is 0 Å². The number of hydrogen-bond acceptors (Lipinski definition) is 3. The standard InChI is InChI=1S/C18H26N2OS/c1-2-14-8-10-15(11-9-14)18(21)20-17(22)12-13-19-16-6-4-3-5-7-16/h8-11,16,19H,2-7,12-13H2,1H3,(H,20,21,22). The van der Waals surface area contributed by atoms with Crippen LogP contribution in [0.15, 0.2) is 24.3 Å². The SMILES string of the molecule is CCc1ccc(C(=O)NC(=S)CCNC2CCCCC2)cc1. The highest BCUT2D eigenvalue weighted by Crippen LogP contribution is 2.17. The minimum absolute atomic E-state index is 0.106. The topological polar surface area (TPSA) is 41.1 Å². The largest absolute Gasteiger partial charge is 0.316 e. The summed E-state index contributed by atoms with van der Waals surface area (Å²) < 4.78 is 0. The van der Waals surface area contributed by atoms with Gasteiger partial charge in [0.05, 0.1) is 4.99 Å². The van der Waals surface area contributed by atoms with Gasteiger partial charge in [-0.05, 0) is 37.0 Å². The third kappa shape index (κ3) is 5.50. The number of thiocarbonyl (C=S) groups is 1. The van der Waals surface area contributed by atoms with Crippen molar-refractivity contribution in [3.63, 3.8) is 0 Å². The molecule has 22 heavy (non-hydrogen) atoms. The number of amides is 1. The summed E-state index contributed by atoms with van der Waals surface area (Å²) in [5, 5.41) is 6.37. The van der Waals surface area contributed by atoms with E-state index in [0.717, 1.165) is 13.0 Å². The molecule has 1 saturated carbocycles. The average molecular weight is 318 g/mol. The fourth-order valence-corrected chi connectivity index (χ4v) is 3.04. The van der Waals surface area contributed by atoms with Crippen molar-refractivity contribution < 1.29 is 4.79 Å². The van der Waals surface area contributed by atoms with Gasteiger partial charge in [-0.2, -0.15) is 0 Å². The molecule has 1 aromatic rings. The number of carbonyl (C=O) groups is 1. The van der Waals surface area contributed by atoms with Gasteiger partial charge in [-0.3, -0.25) is 4.79 Å². The molecular formula is C18H26N2OS. The molecule has 0 heterocycles. The van der Waals surface area contributed by atoms with Gasteiger partial charge in [0.15, 0.2) is 0 Å². The molecule has 1 amide bonds. The molecule has 0 radical (unpaired) electrons.